The molecule has 0 fully saturated rings. The Morgan fingerprint density at radius 2 is 2.32 bits per heavy atom. The summed E-state index contributed by atoms with van der Waals surface area (Å²) < 4.78 is 1.95. The van der Waals surface area contributed by atoms with Gasteiger partial charge in [0.1, 0.15) is 17.0 Å². The number of anilines is 1. The van der Waals surface area contributed by atoms with Crippen molar-refractivity contribution in [3.8, 4) is 0 Å². The lowest BCUT2D eigenvalue weighted by Gasteiger charge is -2.08. The van der Waals surface area contributed by atoms with Crippen LogP contribution in [0.2, 0.25) is 5.15 Å². The van der Waals surface area contributed by atoms with Crippen LogP contribution in [0.25, 0.3) is 0 Å². The maximum atomic E-state index is 10.9. The molecule has 0 atom stereocenters. The molecule has 2 aromatic heterocycles. The van der Waals surface area contributed by atoms with E-state index in [-0.39, 0.29) is 10.8 Å². The van der Waals surface area contributed by atoms with Crippen molar-refractivity contribution in [3.63, 3.8) is 0 Å². The number of nitrogens with zero attached hydrogens (tertiary/aromatic N) is 4. The molecule has 0 saturated heterocycles. The maximum absolute atomic E-state index is 10.9. The third-order valence-electron chi connectivity index (χ3n) is 2.65. The summed E-state index contributed by atoms with van der Waals surface area (Å²) in [4.78, 5) is 18.1. The van der Waals surface area contributed by atoms with Crippen molar-refractivity contribution in [1.29, 1.82) is 0 Å². The van der Waals surface area contributed by atoms with Crippen LogP contribution in [0.1, 0.15) is 12.6 Å². The molecule has 0 saturated carbocycles. The Bertz CT molecular complexity index is 599. The van der Waals surface area contributed by atoms with Crippen LogP contribution >= 0.6 is 11.6 Å². The average molecular weight is 282 g/mol. The summed E-state index contributed by atoms with van der Waals surface area (Å²) in [7, 11) is 0. The quantitative estimate of drug-likeness (QED) is 0.517. The molecular formula is C11H12ClN5O2. The largest absolute Gasteiger partial charge is 0.374 e. The van der Waals surface area contributed by atoms with Crippen molar-refractivity contribution in [1.82, 2.24) is 14.5 Å². The SMILES string of the molecule is CCn1cncc1CNc1cc(Cl)ncc1[N+](=O)[O-]. The zero-order chi connectivity index (χ0) is 13.8. The first-order valence-electron chi connectivity index (χ1n) is 5.64. The molecule has 8 heteroatoms. The molecule has 100 valence electrons. The normalized spacial score (nSPS) is 10.4. The monoisotopic (exact) mass is 281 g/mol. The minimum absolute atomic E-state index is 0.105. The molecule has 7 nitrogen and oxygen atoms in total. The smallest absolute Gasteiger partial charge is 0.310 e. The van der Waals surface area contributed by atoms with Crippen LogP contribution in [0.5, 0.6) is 0 Å². The van der Waals surface area contributed by atoms with E-state index in [1.54, 1.807) is 12.5 Å². The Hall–Kier alpha value is -2.15. The van der Waals surface area contributed by atoms with Gasteiger partial charge in [-0.3, -0.25) is 10.1 Å². The van der Waals surface area contributed by atoms with Gasteiger partial charge >= 0.3 is 5.69 Å². The third-order valence-corrected chi connectivity index (χ3v) is 2.85. The van der Waals surface area contributed by atoms with Gasteiger partial charge in [-0.15, -0.1) is 0 Å². The van der Waals surface area contributed by atoms with Crippen LogP contribution in [0.3, 0.4) is 0 Å². The number of aryl methyl sites for hydroxylation is 1. The Balaban J connectivity index is 2.19. The molecule has 0 aliphatic carbocycles. The van der Waals surface area contributed by atoms with Crippen molar-refractivity contribution < 1.29 is 4.92 Å². The van der Waals surface area contributed by atoms with Crippen LogP contribution in [0.4, 0.5) is 11.4 Å². The lowest BCUT2D eigenvalue weighted by Crippen LogP contribution is -2.07. The maximum Gasteiger partial charge on any atom is 0.310 e. The second kappa shape index (κ2) is 5.66. The molecule has 0 amide bonds. The minimum atomic E-state index is -0.497. The highest BCUT2D eigenvalue weighted by Crippen LogP contribution is 2.26. The topological polar surface area (TPSA) is 85.9 Å². The van der Waals surface area contributed by atoms with Gasteiger partial charge in [-0.1, -0.05) is 11.6 Å². The fraction of sp³-hybridized carbons (Fsp3) is 0.273. The number of nitro groups is 1. The number of aromatic nitrogens is 3. The van der Waals surface area contributed by atoms with Crippen molar-refractivity contribution in [2.75, 3.05) is 5.32 Å². The van der Waals surface area contributed by atoms with E-state index in [4.69, 9.17) is 11.6 Å². The lowest BCUT2D eigenvalue weighted by atomic mass is 10.3. The number of rotatable bonds is 5. The fourth-order valence-corrected chi connectivity index (χ4v) is 1.83. The number of hydrogen-bond acceptors (Lipinski definition) is 5. The zero-order valence-corrected chi connectivity index (χ0v) is 11.0. The fourth-order valence-electron chi connectivity index (χ4n) is 1.68. The highest BCUT2D eigenvalue weighted by Gasteiger charge is 2.15. The molecule has 0 radical (unpaired) electrons. The standard InChI is InChI=1S/C11H12ClN5O2/c1-2-16-7-13-4-8(16)5-14-9-3-11(12)15-6-10(9)17(18)19/h3-4,6-7H,2,5H2,1H3,(H,14,15). The Kier molecular flexibility index (Phi) is 3.96. The molecule has 2 rings (SSSR count). The van der Waals surface area contributed by atoms with E-state index < -0.39 is 4.92 Å². The Morgan fingerprint density at radius 3 is 3.00 bits per heavy atom. The summed E-state index contributed by atoms with van der Waals surface area (Å²) in [6.07, 6.45) is 4.57. The second-order valence-electron chi connectivity index (χ2n) is 3.81. The molecular weight excluding hydrogens is 270 g/mol. The zero-order valence-electron chi connectivity index (χ0n) is 10.2. The van der Waals surface area contributed by atoms with Gasteiger partial charge in [0.15, 0.2) is 0 Å². The average Bonchev–Trinajstić information content (AvgIpc) is 2.83. The Morgan fingerprint density at radius 1 is 1.53 bits per heavy atom. The van der Waals surface area contributed by atoms with Gasteiger partial charge < -0.3 is 9.88 Å². The van der Waals surface area contributed by atoms with Crippen LogP contribution in [-0.4, -0.2) is 19.5 Å². The van der Waals surface area contributed by atoms with E-state index >= 15 is 0 Å². The van der Waals surface area contributed by atoms with Crippen LogP contribution < -0.4 is 5.32 Å². The number of pyridine rings is 1. The molecule has 0 bridgehead atoms. The molecule has 0 aromatic carbocycles. The van der Waals surface area contributed by atoms with E-state index in [1.807, 2.05) is 11.5 Å². The molecule has 2 heterocycles. The van der Waals surface area contributed by atoms with Gasteiger partial charge in [0.2, 0.25) is 0 Å². The molecule has 1 N–H and O–H groups in total. The highest BCUT2D eigenvalue weighted by atomic mass is 35.5. The summed E-state index contributed by atoms with van der Waals surface area (Å²) in [5.74, 6) is 0. The Labute approximate surface area is 114 Å². The molecule has 2 aromatic rings. The summed E-state index contributed by atoms with van der Waals surface area (Å²) in [5.41, 5.74) is 1.17. The first-order chi connectivity index (χ1) is 9.11. The number of hydrogen-bond donors (Lipinski definition) is 1. The second-order valence-corrected chi connectivity index (χ2v) is 4.19. The van der Waals surface area contributed by atoms with E-state index in [1.165, 1.54) is 6.07 Å². The van der Waals surface area contributed by atoms with Gasteiger partial charge in [-0.25, -0.2) is 9.97 Å². The number of halogens is 1. The number of imidazole rings is 1. The van der Waals surface area contributed by atoms with Crippen molar-refractivity contribution in [2.45, 2.75) is 20.0 Å². The van der Waals surface area contributed by atoms with E-state index in [9.17, 15) is 10.1 Å². The van der Waals surface area contributed by atoms with E-state index in [0.717, 1.165) is 18.4 Å². The van der Waals surface area contributed by atoms with Gasteiger partial charge in [0.05, 0.1) is 23.5 Å². The van der Waals surface area contributed by atoms with Gasteiger partial charge in [-0.2, -0.15) is 0 Å². The van der Waals surface area contributed by atoms with Gasteiger partial charge in [0.25, 0.3) is 0 Å². The first kappa shape index (κ1) is 13.3. The molecule has 0 unspecified atom stereocenters. The summed E-state index contributed by atoms with van der Waals surface area (Å²) in [6.45, 7) is 3.21. The van der Waals surface area contributed by atoms with Gasteiger partial charge in [0, 0.05) is 18.8 Å². The van der Waals surface area contributed by atoms with E-state index in [2.05, 4.69) is 15.3 Å². The third kappa shape index (κ3) is 3.00. The van der Waals surface area contributed by atoms with Gasteiger partial charge in [-0.05, 0) is 6.92 Å². The molecule has 0 aliphatic heterocycles. The van der Waals surface area contributed by atoms with Crippen LogP contribution in [0, 0.1) is 10.1 Å². The highest BCUT2D eigenvalue weighted by molar-refractivity contribution is 6.29. The summed E-state index contributed by atoms with van der Waals surface area (Å²) >= 11 is 5.75. The summed E-state index contributed by atoms with van der Waals surface area (Å²) in [6, 6.07) is 1.44. The van der Waals surface area contributed by atoms with Crippen molar-refractivity contribution in [3.05, 3.63) is 45.7 Å². The van der Waals surface area contributed by atoms with E-state index in [0.29, 0.717) is 12.2 Å². The molecule has 19 heavy (non-hydrogen) atoms. The number of nitrogens with one attached hydrogen (secondary N) is 1. The summed E-state index contributed by atoms with van der Waals surface area (Å²) in [5, 5.41) is 14.1. The molecule has 0 aliphatic rings. The lowest BCUT2D eigenvalue weighted by molar-refractivity contribution is -0.384. The predicted molar refractivity (Wildman–Crippen MR) is 71.1 cm³/mol. The molecule has 0 spiro atoms. The first-order valence-corrected chi connectivity index (χ1v) is 6.02. The van der Waals surface area contributed by atoms with Crippen LogP contribution in [0.15, 0.2) is 24.8 Å². The minimum Gasteiger partial charge on any atom is -0.374 e. The van der Waals surface area contributed by atoms with Crippen LogP contribution in [-0.2, 0) is 13.1 Å². The predicted octanol–water partition coefficient (Wildman–Crippen LogP) is 2.47. The van der Waals surface area contributed by atoms with Crippen molar-refractivity contribution in [2.24, 2.45) is 0 Å². The van der Waals surface area contributed by atoms with Crippen molar-refractivity contribution >= 4 is 23.0 Å².